The summed E-state index contributed by atoms with van der Waals surface area (Å²) in [5.41, 5.74) is -0.886. The first-order valence-electron chi connectivity index (χ1n) is 3.88. The lowest BCUT2D eigenvalue weighted by atomic mass is 10.1. The van der Waals surface area contributed by atoms with Crippen LogP contribution >= 0.6 is 0 Å². The van der Waals surface area contributed by atoms with Crippen LogP contribution in [0.3, 0.4) is 0 Å². The van der Waals surface area contributed by atoms with Crippen molar-refractivity contribution in [2.45, 2.75) is 26.4 Å². The van der Waals surface area contributed by atoms with Gasteiger partial charge in [0.1, 0.15) is 0 Å². The van der Waals surface area contributed by atoms with E-state index in [1.54, 1.807) is 13.8 Å². The predicted molar refractivity (Wildman–Crippen MR) is 47.4 cm³/mol. The number of carbonyl (C=O) groups is 1. The standard InChI is InChI=1S/C9H15NO2/c1-5-8(11)10(6-2)7-9(3,4)12/h1,12H,6-7H2,2-4H3. The molecule has 0 aromatic rings. The van der Waals surface area contributed by atoms with E-state index >= 15 is 0 Å². The quantitative estimate of drug-likeness (QED) is 0.615. The molecule has 1 amide bonds. The smallest absolute Gasteiger partial charge is 0.298 e. The van der Waals surface area contributed by atoms with Crippen LogP contribution < -0.4 is 0 Å². The number of amides is 1. The van der Waals surface area contributed by atoms with Crippen molar-refractivity contribution in [3.8, 4) is 12.3 Å². The van der Waals surface area contributed by atoms with Gasteiger partial charge in [-0.2, -0.15) is 0 Å². The molecule has 0 aromatic heterocycles. The Kier molecular flexibility index (Phi) is 3.78. The van der Waals surface area contributed by atoms with E-state index in [-0.39, 0.29) is 12.5 Å². The highest BCUT2D eigenvalue weighted by Gasteiger charge is 2.19. The van der Waals surface area contributed by atoms with Gasteiger partial charge in [-0.1, -0.05) is 0 Å². The zero-order chi connectivity index (χ0) is 9.78. The Labute approximate surface area is 73.4 Å². The second-order valence-corrected chi connectivity index (χ2v) is 3.28. The number of hydrogen-bond donors (Lipinski definition) is 1. The molecule has 0 spiro atoms. The van der Waals surface area contributed by atoms with Gasteiger partial charge in [0.2, 0.25) is 0 Å². The number of nitrogens with zero attached hydrogens (tertiary/aromatic N) is 1. The highest BCUT2D eigenvalue weighted by molar-refractivity contribution is 5.92. The first-order valence-corrected chi connectivity index (χ1v) is 3.88. The minimum atomic E-state index is -0.886. The number of carbonyl (C=O) groups excluding carboxylic acids is 1. The molecule has 1 N–H and O–H groups in total. The summed E-state index contributed by atoms with van der Waals surface area (Å²) in [6.45, 7) is 5.89. The minimum Gasteiger partial charge on any atom is -0.389 e. The fourth-order valence-corrected chi connectivity index (χ4v) is 0.886. The summed E-state index contributed by atoms with van der Waals surface area (Å²) in [5, 5.41) is 9.40. The van der Waals surface area contributed by atoms with E-state index in [1.807, 2.05) is 12.8 Å². The number of likely N-dealkylation sites (N-methyl/N-ethyl adjacent to an activating group) is 1. The molecule has 0 radical (unpaired) electrons. The van der Waals surface area contributed by atoms with E-state index < -0.39 is 5.60 Å². The van der Waals surface area contributed by atoms with E-state index in [4.69, 9.17) is 6.42 Å². The molecule has 0 atom stereocenters. The molecule has 0 aliphatic rings. The van der Waals surface area contributed by atoms with Gasteiger partial charge >= 0.3 is 0 Å². The summed E-state index contributed by atoms with van der Waals surface area (Å²) < 4.78 is 0. The molecular weight excluding hydrogens is 154 g/mol. The molecule has 3 nitrogen and oxygen atoms in total. The average Bonchev–Trinajstić information content (AvgIpc) is 1.97. The fourth-order valence-electron chi connectivity index (χ4n) is 0.886. The van der Waals surface area contributed by atoms with Gasteiger partial charge in [-0.25, -0.2) is 0 Å². The maximum Gasteiger partial charge on any atom is 0.298 e. The van der Waals surface area contributed by atoms with E-state index in [9.17, 15) is 9.90 Å². The predicted octanol–water partition coefficient (Wildman–Crippen LogP) is 0.239. The number of rotatable bonds is 3. The Morgan fingerprint density at radius 2 is 2.17 bits per heavy atom. The summed E-state index contributed by atoms with van der Waals surface area (Å²) in [7, 11) is 0. The molecule has 0 saturated heterocycles. The van der Waals surface area contributed by atoms with Crippen molar-refractivity contribution < 1.29 is 9.90 Å². The van der Waals surface area contributed by atoms with E-state index in [0.29, 0.717) is 6.54 Å². The van der Waals surface area contributed by atoms with Crippen LogP contribution in [0, 0.1) is 12.3 Å². The van der Waals surface area contributed by atoms with E-state index in [0.717, 1.165) is 0 Å². The summed E-state index contributed by atoms with van der Waals surface area (Å²) in [6.07, 6.45) is 4.94. The summed E-state index contributed by atoms with van der Waals surface area (Å²) >= 11 is 0. The van der Waals surface area contributed by atoms with E-state index in [2.05, 4.69) is 0 Å². The lowest BCUT2D eigenvalue weighted by Gasteiger charge is -2.26. The van der Waals surface area contributed by atoms with Crippen LogP contribution in [0.4, 0.5) is 0 Å². The second-order valence-electron chi connectivity index (χ2n) is 3.28. The van der Waals surface area contributed by atoms with Gasteiger partial charge in [-0.15, -0.1) is 6.42 Å². The first kappa shape index (κ1) is 11.0. The van der Waals surface area contributed by atoms with Gasteiger partial charge in [0, 0.05) is 13.1 Å². The molecule has 3 heteroatoms. The minimum absolute atomic E-state index is 0.270. The molecule has 12 heavy (non-hydrogen) atoms. The summed E-state index contributed by atoms with van der Waals surface area (Å²) in [5.74, 6) is 1.64. The average molecular weight is 169 g/mol. The summed E-state index contributed by atoms with van der Waals surface area (Å²) in [6, 6.07) is 0. The summed E-state index contributed by atoms with van der Waals surface area (Å²) in [4.78, 5) is 12.4. The topological polar surface area (TPSA) is 40.5 Å². The van der Waals surface area contributed by atoms with Gasteiger partial charge in [-0.3, -0.25) is 4.79 Å². The molecule has 0 unspecified atom stereocenters. The normalized spacial score (nSPS) is 10.6. The molecule has 0 aliphatic heterocycles. The van der Waals surface area contributed by atoms with Crippen LogP contribution in [-0.4, -0.2) is 34.6 Å². The Balaban J connectivity index is 4.21. The second kappa shape index (κ2) is 4.13. The first-order chi connectivity index (χ1) is 5.40. The molecular formula is C9H15NO2. The van der Waals surface area contributed by atoms with Crippen molar-refractivity contribution in [2.24, 2.45) is 0 Å². The highest BCUT2D eigenvalue weighted by Crippen LogP contribution is 2.04. The van der Waals surface area contributed by atoms with Crippen molar-refractivity contribution >= 4 is 5.91 Å². The number of aliphatic hydroxyl groups is 1. The fraction of sp³-hybridized carbons (Fsp3) is 0.667. The maximum atomic E-state index is 11.0. The Morgan fingerprint density at radius 3 is 2.42 bits per heavy atom. The third kappa shape index (κ3) is 3.99. The van der Waals surface area contributed by atoms with Gasteiger partial charge in [0.05, 0.1) is 5.60 Å². The SMILES string of the molecule is C#CC(=O)N(CC)CC(C)(C)O. The van der Waals surface area contributed by atoms with Crippen LogP contribution in [0.25, 0.3) is 0 Å². The Hall–Kier alpha value is -1.01. The van der Waals surface area contributed by atoms with Crippen molar-refractivity contribution in [2.75, 3.05) is 13.1 Å². The van der Waals surface area contributed by atoms with Gasteiger partial charge in [0.15, 0.2) is 0 Å². The van der Waals surface area contributed by atoms with Crippen molar-refractivity contribution in [3.63, 3.8) is 0 Å². The number of terminal acetylenes is 1. The van der Waals surface area contributed by atoms with Crippen molar-refractivity contribution in [1.29, 1.82) is 0 Å². The number of hydrogen-bond acceptors (Lipinski definition) is 2. The van der Waals surface area contributed by atoms with Crippen LogP contribution in [0.15, 0.2) is 0 Å². The van der Waals surface area contributed by atoms with Gasteiger partial charge in [-0.05, 0) is 26.7 Å². The van der Waals surface area contributed by atoms with Crippen molar-refractivity contribution in [3.05, 3.63) is 0 Å². The molecule has 0 aliphatic carbocycles. The highest BCUT2D eigenvalue weighted by atomic mass is 16.3. The van der Waals surface area contributed by atoms with Gasteiger partial charge < -0.3 is 10.0 Å². The zero-order valence-electron chi connectivity index (χ0n) is 7.79. The van der Waals surface area contributed by atoms with Crippen LogP contribution in [-0.2, 0) is 4.79 Å². The Morgan fingerprint density at radius 1 is 1.67 bits per heavy atom. The van der Waals surface area contributed by atoms with Gasteiger partial charge in [0.25, 0.3) is 5.91 Å². The molecule has 0 rings (SSSR count). The third-order valence-electron chi connectivity index (χ3n) is 1.37. The maximum absolute atomic E-state index is 11.0. The largest absolute Gasteiger partial charge is 0.389 e. The molecule has 68 valence electrons. The molecule has 0 bridgehead atoms. The van der Waals surface area contributed by atoms with Crippen LogP contribution in [0.1, 0.15) is 20.8 Å². The monoisotopic (exact) mass is 169 g/mol. The van der Waals surface area contributed by atoms with Crippen LogP contribution in [0.5, 0.6) is 0 Å². The van der Waals surface area contributed by atoms with Crippen LogP contribution in [0.2, 0.25) is 0 Å². The third-order valence-corrected chi connectivity index (χ3v) is 1.37. The molecule has 0 aromatic carbocycles. The molecule has 0 heterocycles. The van der Waals surface area contributed by atoms with E-state index in [1.165, 1.54) is 4.90 Å². The Bertz CT molecular complexity index is 198. The molecule has 0 saturated carbocycles. The lowest BCUT2D eigenvalue weighted by molar-refractivity contribution is -0.127. The lowest BCUT2D eigenvalue weighted by Crippen LogP contribution is -2.41. The zero-order valence-corrected chi connectivity index (χ0v) is 7.79. The molecule has 0 fully saturated rings. The van der Waals surface area contributed by atoms with Crippen molar-refractivity contribution in [1.82, 2.24) is 4.90 Å².